The van der Waals surface area contributed by atoms with Gasteiger partial charge in [0.15, 0.2) is 0 Å². The van der Waals surface area contributed by atoms with Crippen LogP contribution >= 0.6 is 23.2 Å². The molecular weight excluding hydrogens is 297 g/mol. The first-order chi connectivity index (χ1) is 9.47. The van der Waals surface area contributed by atoms with Crippen molar-refractivity contribution in [2.45, 2.75) is 26.3 Å². The van der Waals surface area contributed by atoms with Crippen LogP contribution in [0.5, 0.6) is 0 Å². The summed E-state index contributed by atoms with van der Waals surface area (Å²) in [4.78, 5) is 11.8. The molecule has 4 nitrogen and oxygen atoms in total. The van der Waals surface area contributed by atoms with Gasteiger partial charge in [0.05, 0.1) is 10.7 Å². The molecule has 1 aromatic rings. The number of nitriles is 1. The predicted octanol–water partition coefficient (Wildman–Crippen LogP) is 3.73. The zero-order valence-corrected chi connectivity index (χ0v) is 12.7. The van der Waals surface area contributed by atoms with E-state index < -0.39 is 5.91 Å². The maximum absolute atomic E-state index is 11.8. The van der Waals surface area contributed by atoms with Crippen LogP contribution in [-0.4, -0.2) is 11.9 Å². The van der Waals surface area contributed by atoms with E-state index in [1.54, 1.807) is 18.2 Å². The molecule has 6 heteroatoms. The molecule has 0 aliphatic heterocycles. The lowest BCUT2D eigenvalue weighted by atomic mass is 10.2. The van der Waals surface area contributed by atoms with Crippen LogP contribution in [0.15, 0.2) is 30.0 Å². The first-order valence-corrected chi connectivity index (χ1v) is 6.86. The third-order valence-electron chi connectivity index (χ3n) is 2.66. The number of benzene rings is 1. The highest BCUT2D eigenvalue weighted by Crippen LogP contribution is 2.25. The minimum atomic E-state index is -0.417. The van der Waals surface area contributed by atoms with Gasteiger partial charge in [0.1, 0.15) is 11.6 Å². The molecule has 0 aliphatic carbocycles. The monoisotopic (exact) mass is 311 g/mol. The number of rotatable bonds is 5. The summed E-state index contributed by atoms with van der Waals surface area (Å²) in [5, 5.41) is 15.5. The van der Waals surface area contributed by atoms with E-state index in [2.05, 4.69) is 10.6 Å². The number of nitrogens with one attached hydrogen (secondary N) is 2. The van der Waals surface area contributed by atoms with Crippen LogP contribution in [0.1, 0.15) is 20.3 Å². The molecular formula is C14H15Cl2N3O. The van der Waals surface area contributed by atoms with E-state index in [4.69, 9.17) is 28.5 Å². The van der Waals surface area contributed by atoms with Gasteiger partial charge in [0.2, 0.25) is 0 Å². The summed E-state index contributed by atoms with van der Waals surface area (Å²) >= 11 is 11.8. The smallest absolute Gasteiger partial charge is 0.263 e. The average Bonchev–Trinajstić information content (AvgIpc) is 2.41. The number of nitrogens with zero attached hydrogens (tertiary/aromatic N) is 1. The van der Waals surface area contributed by atoms with E-state index in [1.165, 1.54) is 6.20 Å². The zero-order valence-electron chi connectivity index (χ0n) is 11.2. The number of halogens is 2. The van der Waals surface area contributed by atoms with Crippen LogP contribution in [0, 0.1) is 11.3 Å². The van der Waals surface area contributed by atoms with Gasteiger partial charge in [-0.3, -0.25) is 4.79 Å². The highest BCUT2D eigenvalue weighted by Gasteiger charge is 2.11. The Bertz CT molecular complexity index is 564. The van der Waals surface area contributed by atoms with E-state index in [0.717, 1.165) is 6.42 Å². The summed E-state index contributed by atoms with van der Waals surface area (Å²) in [7, 11) is 0. The Balaban J connectivity index is 2.80. The Kier molecular flexibility index (Phi) is 6.37. The SMILES string of the molecule is CCC(C)NC(=O)/C(C#N)=C\Nc1ccc(Cl)cc1Cl. The summed E-state index contributed by atoms with van der Waals surface area (Å²) in [6.45, 7) is 3.82. The number of carbonyl (C=O) groups is 1. The zero-order chi connectivity index (χ0) is 15.1. The summed E-state index contributed by atoms with van der Waals surface area (Å²) in [6.07, 6.45) is 2.12. The van der Waals surface area contributed by atoms with Gasteiger partial charge in [-0.1, -0.05) is 30.1 Å². The Hall–Kier alpha value is -1.70. The van der Waals surface area contributed by atoms with E-state index in [-0.39, 0.29) is 11.6 Å². The van der Waals surface area contributed by atoms with Crippen molar-refractivity contribution in [2.24, 2.45) is 0 Å². The van der Waals surface area contributed by atoms with Crippen LogP contribution in [0.3, 0.4) is 0 Å². The lowest BCUT2D eigenvalue weighted by Crippen LogP contribution is -2.33. The van der Waals surface area contributed by atoms with Crippen LogP contribution in [0.2, 0.25) is 10.0 Å². The summed E-state index contributed by atoms with van der Waals surface area (Å²) < 4.78 is 0. The molecule has 0 fully saturated rings. The van der Waals surface area contributed by atoms with Gasteiger partial charge in [0, 0.05) is 17.3 Å². The van der Waals surface area contributed by atoms with Gasteiger partial charge >= 0.3 is 0 Å². The maximum Gasteiger partial charge on any atom is 0.263 e. The fourth-order valence-electron chi connectivity index (χ4n) is 1.31. The van der Waals surface area contributed by atoms with E-state index in [0.29, 0.717) is 15.7 Å². The predicted molar refractivity (Wildman–Crippen MR) is 81.7 cm³/mol. The van der Waals surface area contributed by atoms with Gasteiger partial charge in [-0.25, -0.2) is 0 Å². The molecule has 1 rings (SSSR count). The first-order valence-electron chi connectivity index (χ1n) is 6.10. The van der Waals surface area contributed by atoms with Crippen molar-refractivity contribution in [3.05, 3.63) is 40.0 Å². The molecule has 20 heavy (non-hydrogen) atoms. The van der Waals surface area contributed by atoms with Crippen LogP contribution in [0.25, 0.3) is 0 Å². The van der Waals surface area contributed by atoms with E-state index in [9.17, 15) is 4.79 Å². The van der Waals surface area contributed by atoms with Crippen molar-refractivity contribution in [2.75, 3.05) is 5.32 Å². The third kappa shape index (κ3) is 4.76. The number of amides is 1. The lowest BCUT2D eigenvalue weighted by Gasteiger charge is -2.11. The molecule has 0 saturated carbocycles. The third-order valence-corrected chi connectivity index (χ3v) is 3.21. The van der Waals surface area contributed by atoms with Crippen molar-refractivity contribution in [1.29, 1.82) is 5.26 Å². The number of hydrogen-bond acceptors (Lipinski definition) is 3. The molecule has 0 aliphatic rings. The quantitative estimate of drug-likeness (QED) is 0.643. The minimum absolute atomic E-state index is 0.0124. The normalized spacial score (nSPS) is 12.4. The number of anilines is 1. The van der Waals surface area contributed by atoms with Crippen molar-refractivity contribution in [1.82, 2.24) is 5.32 Å². The molecule has 0 heterocycles. The Morgan fingerprint density at radius 3 is 2.75 bits per heavy atom. The molecule has 1 atom stereocenters. The Morgan fingerprint density at radius 1 is 1.50 bits per heavy atom. The van der Waals surface area contributed by atoms with Gasteiger partial charge in [-0.15, -0.1) is 0 Å². The van der Waals surface area contributed by atoms with Crippen LogP contribution in [0.4, 0.5) is 5.69 Å². The molecule has 106 valence electrons. The Labute approximate surface area is 128 Å². The van der Waals surface area contributed by atoms with Gasteiger partial charge < -0.3 is 10.6 Å². The minimum Gasteiger partial charge on any atom is -0.359 e. The fourth-order valence-corrected chi connectivity index (χ4v) is 1.77. The summed E-state index contributed by atoms with van der Waals surface area (Å²) in [6, 6.07) is 6.77. The van der Waals surface area contributed by atoms with E-state index in [1.807, 2.05) is 19.9 Å². The van der Waals surface area contributed by atoms with Crippen molar-refractivity contribution < 1.29 is 4.79 Å². The lowest BCUT2D eigenvalue weighted by molar-refractivity contribution is -0.117. The number of carbonyl (C=O) groups excluding carboxylic acids is 1. The van der Waals surface area contributed by atoms with Gasteiger partial charge in [-0.05, 0) is 31.5 Å². The largest absolute Gasteiger partial charge is 0.359 e. The Morgan fingerprint density at radius 2 is 2.20 bits per heavy atom. The molecule has 0 radical (unpaired) electrons. The van der Waals surface area contributed by atoms with Crippen molar-refractivity contribution in [3.8, 4) is 6.07 Å². The van der Waals surface area contributed by atoms with Crippen LogP contribution < -0.4 is 10.6 Å². The van der Waals surface area contributed by atoms with Crippen LogP contribution in [-0.2, 0) is 4.79 Å². The number of hydrogen-bond donors (Lipinski definition) is 2. The van der Waals surface area contributed by atoms with Crippen molar-refractivity contribution in [3.63, 3.8) is 0 Å². The molecule has 2 N–H and O–H groups in total. The maximum atomic E-state index is 11.8. The first kappa shape index (κ1) is 16.4. The fraction of sp³-hybridized carbons (Fsp3) is 0.286. The molecule has 0 bridgehead atoms. The highest BCUT2D eigenvalue weighted by atomic mass is 35.5. The van der Waals surface area contributed by atoms with Gasteiger partial charge in [-0.2, -0.15) is 5.26 Å². The second kappa shape index (κ2) is 7.78. The average molecular weight is 312 g/mol. The second-order valence-electron chi connectivity index (χ2n) is 4.22. The van der Waals surface area contributed by atoms with Gasteiger partial charge in [0.25, 0.3) is 5.91 Å². The molecule has 0 saturated heterocycles. The summed E-state index contributed by atoms with van der Waals surface area (Å²) in [5.74, 6) is -0.417. The molecule has 1 aromatic carbocycles. The molecule has 0 spiro atoms. The highest BCUT2D eigenvalue weighted by molar-refractivity contribution is 6.36. The van der Waals surface area contributed by atoms with Crippen molar-refractivity contribution >= 4 is 34.8 Å². The topological polar surface area (TPSA) is 64.9 Å². The second-order valence-corrected chi connectivity index (χ2v) is 5.06. The molecule has 0 aromatic heterocycles. The standard InChI is InChI=1S/C14H15Cl2N3O/c1-3-9(2)19-14(20)10(7-17)8-18-13-5-4-11(15)6-12(13)16/h4-6,8-9,18H,3H2,1-2H3,(H,19,20)/b10-8-. The summed E-state index contributed by atoms with van der Waals surface area (Å²) in [5.41, 5.74) is 0.552. The van der Waals surface area contributed by atoms with E-state index >= 15 is 0 Å². The molecule has 1 amide bonds. The molecule has 1 unspecified atom stereocenters.